The van der Waals surface area contributed by atoms with Gasteiger partial charge in [0.1, 0.15) is 0 Å². The van der Waals surface area contributed by atoms with Crippen LogP contribution in [0.4, 0.5) is 22.7 Å². The summed E-state index contributed by atoms with van der Waals surface area (Å²) in [5.74, 6) is 1.75. The molecule has 31 heavy (non-hydrogen) atoms. The molecule has 0 atom stereocenters. The minimum atomic E-state index is -0.335. The second-order valence-electron chi connectivity index (χ2n) is 7.13. The number of nitrogens with zero attached hydrogens (tertiary/aromatic N) is 2. The number of hydrogen-bond acceptors (Lipinski definition) is 5. The van der Waals surface area contributed by atoms with Gasteiger partial charge in [-0.1, -0.05) is 0 Å². The average Bonchev–Trinajstić information content (AvgIpc) is 3.56. The van der Waals surface area contributed by atoms with Crippen molar-refractivity contribution in [1.29, 1.82) is 0 Å². The van der Waals surface area contributed by atoms with E-state index >= 15 is 0 Å². The molecule has 0 amide bonds. The Morgan fingerprint density at radius 3 is 1.97 bits per heavy atom. The molecule has 3 heterocycles. The molecule has 3 aromatic carbocycles. The molecule has 0 fully saturated rings. The maximum atomic E-state index is 5.39. The van der Waals surface area contributed by atoms with Crippen LogP contribution in [0.5, 0.6) is 11.5 Å². The SMILES string of the molecule is COc1ccc(N2[As]=[N+](c3ccc(OC)cc3)c3c2c2ccsc2c2sccc32)cc1. The predicted octanol–water partition coefficient (Wildman–Crippen LogP) is 6.92. The fourth-order valence-electron chi connectivity index (χ4n) is 4.01. The molecule has 0 aliphatic carbocycles. The quantitative estimate of drug-likeness (QED) is 0.248. The molecule has 0 N–H and O–H groups in total. The van der Waals surface area contributed by atoms with E-state index in [1.807, 2.05) is 46.9 Å². The van der Waals surface area contributed by atoms with Crippen LogP contribution in [0.3, 0.4) is 0 Å². The molecule has 152 valence electrons. The summed E-state index contributed by atoms with van der Waals surface area (Å²) in [6.45, 7) is 0. The first-order valence-electron chi connectivity index (χ1n) is 9.79. The Morgan fingerprint density at radius 1 is 0.742 bits per heavy atom. The van der Waals surface area contributed by atoms with E-state index in [4.69, 9.17) is 9.47 Å². The van der Waals surface area contributed by atoms with Crippen molar-refractivity contribution in [3.63, 3.8) is 0 Å². The van der Waals surface area contributed by atoms with Crippen LogP contribution in [-0.2, 0) is 0 Å². The molecule has 0 bridgehead atoms. The number of rotatable bonds is 4. The molecule has 2 aromatic heterocycles. The first-order chi connectivity index (χ1) is 15.3. The molecule has 7 heteroatoms. The van der Waals surface area contributed by atoms with Gasteiger partial charge in [0.05, 0.1) is 0 Å². The molecule has 4 nitrogen and oxygen atoms in total. The zero-order chi connectivity index (χ0) is 20.9. The predicted molar refractivity (Wildman–Crippen MR) is 133 cm³/mol. The molecule has 0 radical (unpaired) electrons. The van der Waals surface area contributed by atoms with E-state index in [0.29, 0.717) is 0 Å². The standard InChI is InChI=1S/C24H18AsN2O2S2/c1-28-17-7-3-15(4-8-17)26-21-19-11-13-30-23(19)24-20(12-14-31-24)22(21)27(25-26)16-5-9-18(29-2)10-6-16/h3-14H,1-2H3/q+1. The summed E-state index contributed by atoms with van der Waals surface area (Å²) >= 11 is 3.33. The van der Waals surface area contributed by atoms with Gasteiger partial charge in [-0.15, -0.1) is 0 Å². The van der Waals surface area contributed by atoms with E-state index in [1.165, 1.54) is 42.9 Å². The topological polar surface area (TPSA) is 24.7 Å². The van der Waals surface area contributed by atoms with Crippen molar-refractivity contribution in [3.05, 3.63) is 71.4 Å². The van der Waals surface area contributed by atoms with Gasteiger partial charge in [0.2, 0.25) is 0 Å². The Kier molecular flexibility index (Phi) is 4.60. The molecule has 6 rings (SSSR count). The fraction of sp³-hybridized carbons (Fsp3) is 0.0833. The van der Waals surface area contributed by atoms with E-state index in [2.05, 4.69) is 54.4 Å². The third kappa shape index (κ3) is 2.93. The van der Waals surface area contributed by atoms with Crippen LogP contribution in [0.15, 0.2) is 71.4 Å². The van der Waals surface area contributed by atoms with Crippen molar-refractivity contribution < 1.29 is 9.47 Å². The van der Waals surface area contributed by atoms with Crippen molar-refractivity contribution >= 4 is 81.4 Å². The fourth-order valence-corrected chi connectivity index (χ4v) is 8.59. The Balaban J connectivity index is 1.64. The van der Waals surface area contributed by atoms with Crippen LogP contribution in [0.1, 0.15) is 0 Å². The number of benzene rings is 3. The summed E-state index contributed by atoms with van der Waals surface area (Å²) < 4.78 is 18.5. The summed E-state index contributed by atoms with van der Waals surface area (Å²) in [4.78, 5) is 0. The van der Waals surface area contributed by atoms with Crippen molar-refractivity contribution in [2.75, 3.05) is 18.0 Å². The number of anilines is 2. The van der Waals surface area contributed by atoms with Gasteiger partial charge in [-0.2, -0.15) is 0 Å². The van der Waals surface area contributed by atoms with Crippen molar-refractivity contribution in [3.8, 4) is 11.5 Å². The minimum absolute atomic E-state index is 0.335. The average molecular weight is 505 g/mol. The zero-order valence-electron chi connectivity index (χ0n) is 16.9. The molecule has 0 saturated carbocycles. The van der Waals surface area contributed by atoms with E-state index in [1.54, 1.807) is 14.2 Å². The van der Waals surface area contributed by atoms with Crippen LogP contribution in [0.25, 0.3) is 20.2 Å². The van der Waals surface area contributed by atoms with Crippen LogP contribution in [0, 0.1) is 0 Å². The van der Waals surface area contributed by atoms with Crippen molar-refractivity contribution in [2.45, 2.75) is 0 Å². The zero-order valence-corrected chi connectivity index (χ0v) is 20.4. The molecule has 5 aromatic rings. The van der Waals surface area contributed by atoms with Gasteiger partial charge in [0.25, 0.3) is 0 Å². The summed E-state index contributed by atoms with van der Waals surface area (Å²) in [7, 11) is 3.42. The van der Waals surface area contributed by atoms with Gasteiger partial charge in [-0.25, -0.2) is 0 Å². The molecular formula is C24H18AsN2O2S2+. The van der Waals surface area contributed by atoms with E-state index < -0.39 is 0 Å². The van der Waals surface area contributed by atoms with Crippen molar-refractivity contribution in [2.24, 2.45) is 0 Å². The first-order valence-corrected chi connectivity index (χ1v) is 13.2. The Bertz CT molecular complexity index is 1450. The number of thiophene rings is 2. The number of fused-ring (bicyclic) bond motifs is 6. The Labute approximate surface area is 194 Å². The normalized spacial score (nSPS) is 13.5. The Morgan fingerprint density at radius 2 is 1.32 bits per heavy atom. The van der Waals surface area contributed by atoms with E-state index in [0.717, 1.165) is 11.5 Å². The number of hydrogen-bond donors (Lipinski definition) is 0. The van der Waals surface area contributed by atoms with Gasteiger partial charge in [-0.3, -0.25) is 0 Å². The first kappa shape index (κ1) is 19.1. The van der Waals surface area contributed by atoms with Crippen molar-refractivity contribution in [1.82, 2.24) is 3.44 Å². The van der Waals surface area contributed by atoms with Crippen LogP contribution in [-0.4, -0.2) is 30.0 Å². The molecule has 1 aliphatic heterocycles. The summed E-state index contributed by atoms with van der Waals surface area (Å²) in [5, 5.41) is 7.08. The summed E-state index contributed by atoms with van der Waals surface area (Å²) in [5.41, 5.74) is 5.01. The van der Waals surface area contributed by atoms with Crippen LogP contribution in [0.2, 0.25) is 0 Å². The van der Waals surface area contributed by atoms with Gasteiger partial charge >= 0.3 is 195 Å². The number of ether oxygens (including phenoxy) is 2. The van der Waals surface area contributed by atoms with Gasteiger partial charge in [0.15, 0.2) is 0 Å². The third-order valence-corrected chi connectivity index (χ3v) is 10.1. The summed E-state index contributed by atoms with van der Waals surface area (Å²) in [6, 6.07) is 21.3. The van der Waals surface area contributed by atoms with Gasteiger partial charge < -0.3 is 0 Å². The van der Waals surface area contributed by atoms with E-state index in [9.17, 15) is 0 Å². The molecule has 0 unspecified atom stereocenters. The maximum absolute atomic E-state index is 5.39. The molecule has 0 saturated heterocycles. The Hall–Kier alpha value is -2.66. The van der Waals surface area contributed by atoms with Crippen LogP contribution < -0.4 is 16.7 Å². The van der Waals surface area contributed by atoms with Gasteiger partial charge in [-0.05, 0) is 0 Å². The molecular weight excluding hydrogens is 487 g/mol. The third-order valence-electron chi connectivity index (χ3n) is 5.51. The van der Waals surface area contributed by atoms with Crippen LogP contribution >= 0.6 is 22.7 Å². The van der Waals surface area contributed by atoms with Gasteiger partial charge in [0, 0.05) is 0 Å². The van der Waals surface area contributed by atoms with E-state index in [-0.39, 0.29) is 15.8 Å². The number of methoxy groups -OCH3 is 2. The summed E-state index contributed by atoms with van der Waals surface area (Å²) in [6.07, 6.45) is 0. The second kappa shape index (κ2) is 7.48. The monoisotopic (exact) mass is 505 g/mol. The molecule has 1 aliphatic rings. The second-order valence-corrected chi connectivity index (χ2v) is 11.0. The molecule has 0 spiro atoms.